The maximum Gasteiger partial charge on any atom is 0.336 e. The molecule has 5 heteroatoms. The van der Waals surface area contributed by atoms with E-state index in [1.807, 2.05) is 42.5 Å². The Labute approximate surface area is 124 Å². The topological polar surface area (TPSA) is 69.1 Å². The molecule has 2 aromatic carbocycles. The van der Waals surface area contributed by atoms with Crippen molar-refractivity contribution in [1.29, 1.82) is 0 Å². The van der Waals surface area contributed by atoms with Gasteiger partial charge in [0.25, 0.3) is 5.89 Å². The van der Waals surface area contributed by atoms with Crippen LogP contribution in [0.2, 0.25) is 0 Å². The summed E-state index contributed by atoms with van der Waals surface area (Å²) in [7, 11) is 0. The average molecular weight is 290 g/mol. The van der Waals surface area contributed by atoms with Crippen LogP contribution >= 0.6 is 0 Å². The molecule has 0 atom stereocenters. The molecule has 2 aromatic heterocycles. The van der Waals surface area contributed by atoms with Crippen LogP contribution in [0, 0.1) is 0 Å². The Bertz CT molecular complexity index is 1000. The molecule has 0 saturated heterocycles. The van der Waals surface area contributed by atoms with Crippen LogP contribution in [0.15, 0.2) is 74.4 Å². The lowest BCUT2D eigenvalue weighted by Gasteiger charge is -1.99. The quantitative estimate of drug-likeness (QED) is 0.528. The molecule has 4 aromatic rings. The van der Waals surface area contributed by atoms with Crippen LogP contribution in [0.25, 0.3) is 33.8 Å². The van der Waals surface area contributed by atoms with Gasteiger partial charge in [0, 0.05) is 22.6 Å². The lowest BCUT2D eigenvalue weighted by Crippen LogP contribution is -1.98. The predicted octanol–water partition coefficient (Wildman–Crippen LogP) is 3.51. The highest BCUT2D eigenvalue weighted by molar-refractivity contribution is 5.91. The largest absolute Gasteiger partial charge is 0.423 e. The van der Waals surface area contributed by atoms with Gasteiger partial charge in [0.2, 0.25) is 5.82 Å². The zero-order valence-corrected chi connectivity index (χ0v) is 11.4. The summed E-state index contributed by atoms with van der Waals surface area (Å²) in [5, 5.41) is 4.75. The lowest BCUT2D eigenvalue weighted by molar-refractivity contribution is 0.432. The molecular formula is C17H10N2O3. The van der Waals surface area contributed by atoms with Crippen molar-refractivity contribution >= 4 is 11.0 Å². The molecule has 0 aliphatic carbocycles. The van der Waals surface area contributed by atoms with Gasteiger partial charge in [-0.25, -0.2) is 4.79 Å². The number of hydrogen-bond donors (Lipinski definition) is 0. The second-order valence-electron chi connectivity index (χ2n) is 4.76. The Kier molecular flexibility index (Phi) is 2.83. The zero-order chi connectivity index (χ0) is 14.9. The molecule has 0 radical (unpaired) electrons. The summed E-state index contributed by atoms with van der Waals surface area (Å²) < 4.78 is 10.5. The minimum absolute atomic E-state index is 0.364. The Hall–Kier alpha value is -3.21. The van der Waals surface area contributed by atoms with Gasteiger partial charge in [-0.15, -0.1) is 0 Å². The normalized spacial score (nSPS) is 10.9. The van der Waals surface area contributed by atoms with Gasteiger partial charge >= 0.3 is 5.63 Å². The number of fused-ring (bicyclic) bond motifs is 1. The minimum atomic E-state index is -0.445. The molecule has 5 nitrogen and oxygen atoms in total. The van der Waals surface area contributed by atoms with Gasteiger partial charge in [-0.05, 0) is 18.2 Å². The third-order valence-corrected chi connectivity index (χ3v) is 3.34. The van der Waals surface area contributed by atoms with Crippen molar-refractivity contribution in [3.8, 4) is 22.8 Å². The molecule has 4 rings (SSSR count). The molecule has 0 saturated carbocycles. The third-order valence-electron chi connectivity index (χ3n) is 3.34. The highest BCUT2D eigenvalue weighted by Gasteiger charge is 2.14. The smallest absolute Gasteiger partial charge is 0.336 e. The first-order chi connectivity index (χ1) is 10.8. The van der Waals surface area contributed by atoms with Crippen molar-refractivity contribution in [2.24, 2.45) is 0 Å². The monoisotopic (exact) mass is 290 g/mol. The highest BCUT2D eigenvalue weighted by atomic mass is 16.5. The fourth-order valence-electron chi connectivity index (χ4n) is 2.33. The summed E-state index contributed by atoms with van der Waals surface area (Å²) in [6.07, 6.45) is 0. The van der Waals surface area contributed by atoms with E-state index in [0.29, 0.717) is 22.9 Å². The second-order valence-corrected chi connectivity index (χ2v) is 4.76. The first kappa shape index (κ1) is 12.5. The van der Waals surface area contributed by atoms with Crippen LogP contribution in [-0.4, -0.2) is 10.1 Å². The average Bonchev–Trinajstić information content (AvgIpc) is 3.05. The third kappa shape index (κ3) is 2.09. The number of rotatable bonds is 2. The maximum atomic E-state index is 11.7. The van der Waals surface area contributed by atoms with E-state index < -0.39 is 5.63 Å². The Balaban J connectivity index is 1.90. The second kappa shape index (κ2) is 4.96. The van der Waals surface area contributed by atoms with Gasteiger partial charge in [0.15, 0.2) is 0 Å². The van der Waals surface area contributed by atoms with Crippen molar-refractivity contribution in [2.45, 2.75) is 0 Å². The van der Waals surface area contributed by atoms with Crippen molar-refractivity contribution in [3.63, 3.8) is 0 Å². The summed E-state index contributed by atoms with van der Waals surface area (Å²) in [5.41, 5.74) is 1.47. The van der Waals surface area contributed by atoms with Crippen LogP contribution in [-0.2, 0) is 0 Å². The number of hydrogen-bond acceptors (Lipinski definition) is 5. The van der Waals surface area contributed by atoms with Crippen LogP contribution in [0.3, 0.4) is 0 Å². The van der Waals surface area contributed by atoms with Crippen LogP contribution in [0.5, 0.6) is 0 Å². The Morgan fingerprint density at radius 3 is 2.55 bits per heavy atom. The molecule has 0 N–H and O–H groups in total. The minimum Gasteiger partial charge on any atom is -0.423 e. The molecule has 2 heterocycles. The number of aromatic nitrogens is 2. The summed E-state index contributed by atoms with van der Waals surface area (Å²) in [6.45, 7) is 0. The summed E-state index contributed by atoms with van der Waals surface area (Å²) in [6, 6.07) is 18.1. The molecule has 0 amide bonds. The molecule has 0 bridgehead atoms. The Morgan fingerprint density at radius 2 is 1.68 bits per heavy atom. The molecule has 0 aliphatic rings. The molecule has 0 aliphatic heterocycles. The van der Waals surface area contributed by atoms with E-state index in [-0.39, 0.29) is 0 Å². The first-order valence-electron chi connectivity index (χ1n) is 6.74. The lowest BCUT2D eigenvalue weighted by atomic mass is 10.1. The zero-order valence-electron chi connectivity index (χ0n) is 11.4. The summed E-state index contributed by atoms with van der Waals surface area (Å²) in [4.78, 5) is 16.1. The first-order valence-corrected chi connectivity index (χ1v) is 6.74. The fourth-order valence-corrected chi connectivity index (χ4v) is 2.33. The highest BCUT2D eigenvalue weighted by Crippen LogP contribution is 2.27. The summed E-state index contributed by atoms with van der Waals surface area (Å²) in [5.74, 6) is 0.774. The van der Waals surface area contributed by atoms with E-state index in [1.165, 1.54) is 6.07 Å². The van der Waals surface area contributed by atoms with Crippen molar-refractivity contribution < 1.29 is 8.94 Å². The molecule has 0 fully saturated rings. The van der Waals surface area contributed by atoms with Gasteiger partial charge in [0.05, 0.1) is 0 Å². The SMILES string of the molecule is O=c1cc(-c2noc(-c3ccccc3)n2)c2ccccc2o1. The standard InChI is InChI=1S/C17H10N2O3/c20-15-10-13(12-8-4-5-9-14(12)21-15)16-18-17(22-19-16)11-6-2-1-3-7-11/h1-10H. The van der Waals surface area contributed by atoms with Crippen LogP contribution < -0.4 is 5.63 Å². The van der Waals surface area contributed by atoms with E-state index in [0.717, 1.165) is 10.9 Å². The van der Waals surface area contributed by atoms with Crippen molar-refractivity contribution in [2.75, 3.05) is 0 Å². The molecule has 0 unspecified atom stereocenters. The van der Waals surface area contributed by atoms with E-state index in [4.69, 9.17) is 8.94 Å². The van der Waals surface area contributed by atoms with Crippen molar-refractivity contribution in [3.05, 3.63) is 71.1 Å². The van der Waals surface area contributed by atoms with Gasteiger partial charge in [-0.3, -0.25) is 0 Å². The van der Waals surface area contributed by atoms with E-state index in [1.54, 1.807) is 12.1 Å². The summed E-state index contributed by atoms with van der Waals surface area (Å²) >= 11 is 0. The molecule has 22 heavy (non-hydrogen) atoms. The van der Waals surface area contributed by atoms with Gasteiger partial charge in [-0.1, -0.05) is 41.6 Å². The van der Waals surface area contributed by atoms with Gasteiger partial charge < -0.3 is 8.94 Å². The maximum absolute atomic E-state index is 11.7. The van der Waals surface area contributed by atoms with Crippen molar-refractivity contribution in [1.82, 2.24) is 10.1 Å². The van der Waals surface area contributed by atoms with E-state index in [9.17, 15) is 4.79 Å². The van der Waals surface area contributed by atoms with Crippen LogP contribution in [0.1, 0.15) is 0 Å². The van der Waals surface area contributed by atoms with E-state index >= 15 is 0 Å². The number of para-hydroxylation sites is 1. The van der Waals surface area contributed by atoms with Crippen LogP contribution in [0.4, 0.5) is 0 Å². The number of nitrogens with zero attached hydrogens (tertiary/aromatic N) is 2. The van der Waals surface area contributed by atoms with E-state index in [2.05, 4.69) is 10.1 Å². The molecular weight excluding hydrogens is 280 g/mol. The van der Waals surface area contributed by atoms with Gasteiger partial charge in [0.1, 0.15) is 5.58 Å². The molecule has 106 valence electrons. The number of benzene rings is 2. The predicted molar refractivity (Wildman–Crippen MR) is 81.2 cm³/mol. The Morgan fingerprint density at radius 1 is 0.909 bits per heavy atom. The molecule has 0 spiro atoms. The van der Waals surface area contributed by atoms with Gasteiger partial charge in [-0.2, -0.15) is 4.98 Å². The fraction of sp³-hybridized carbons (Fsp3) is 0.